The number of methoxy groups -OCH3 is 1. The molecule has 0 fully saturated rings. The van der Waals surface area contributed by atoms with Gasteiger partial charge in [0.2, 0.25) is 8.27 Å². The molecule has 4 aromatic rings. The van der Waals surface area contributed by atoms with Crippen molar-refractivity contribution in [3.05, 3.63) is 71.8 Å². The lowest BCUT2D eigenvalue weighted by molar-refractivity contribution is 0.417. The highest BCUT2D eigenvalue weighted by Crippen LogP contribution is 2.46. The van der Waals surface area contributed by atoms with Gasteiger partial charge in [0.1, 0.15) is 5.75 Å². The van der Waals surface area contributed by atoms with E-state index in [4.69, 9.17) is 4.74 Å². The highest BCUT2D eigenvalue weighted by atomic mass is 79.9. The van der Waals surface area contributed by atoms with Crippen LogP contribution in [-0.2, 0) is 19.1 Å². The van der Waals surface area contributed by atoms with Crippen LogP contribution in [0.25, 0.3) is 32.7 Å². The molecule has 0 spiro atoms. The van der Waals surface area contributed by atoms with Crippen LogP contribution in [0.3, 0.4) is 0 Å². The van der Waals surface area contributed by atoms with Crippen molar-refractivity contribution in [2.45, 2.75) is 57.3 Å². The summed E-state index contributed by atoms with van der Waals surface area (Å²) < 4.78 is 31.6. The zero-order valence-corrected chi connectivity index (χ0v) is 23.2. The van der Waals surface area contributed by atoms with Gasteiger partial charge in [-0.2, -0.15) is 0 Å². The third kappa shape index (κ3) is 4.48. The molecule has 0 aromatic heterocycles. The lowest BCUT2D eigenvalue weighted by atomic mass is 9.83. The van der Waals surface area contributed by atoms with E-state index in [0.29, 0.717) is 11.3 Å². The third-order valence-corrected chi connectivity index (χ3v) is 8.34. The second kappa shape index (κ2) is 8.39. The van der Waals surface area contributed by atoms with E-state index < -0.39 is 8.27 Å². The maximum atomic E-state index is 12.9. The Morgan fingerprint density at radius 2 is 1.15 bits per heavy atom. The number of benzene rings is 4. The normalized spacial score (nSPS) is 12.9. The Labute approximate surface area is 210 Å². The van der Waals surface area contributed by atoms with Crippen molar-refractivity contribution in [2.24, 2.45) is 0 Å². The Kier molecular flexibility index (Phi) is 6.10. The van der Waals surface area contributed by atoms with Gasteiger partial charge in [-0.1, -0.05) is 90.1 Å². The molecule has 0 radical (unpaired) electrons. The number of hydrogen-bond donors (Lipinski definition) is 0. The van der Waals surface area contributed by atoms with Gasteiger partial charge in [0, 0.05) is 11.1 Å². The molecule has 0 aliphatic carbocycles. The topological polar surface area (TPSA) is 43.4 Å². The average Bonchev–Trinajstić information content (AvgIpc) is 2.74. The molecular formula is C29H31BrO3S. The van der Waals surface area contributed by atoms with Crippen LogP contribution in [0.15, 0.2) is 65.6 Å². The molecule has 4 rings (SSSR count). The standard InChI is InChI=1S/C29H31BrO3S/c1-28(2,3)20-10-12-22-18(16-20)8-14-24(33-7)26(22)27-23-13-11-21(29(4,5)6)17-19(23)9-15-25(27)34(30,31)32/h8-17H,1-7H3. The predicted octanol–water partition coefficient (Wildman–Crippen LogP) is 8.35. The van der Waals surface area contributed by atoms with Gasteiger partial charge in [0.25, 0.3) is 0 Å². The van der Waals surface area contributed by atoms with E-state index in [1.807, 2.05) is 24.3 Å². The molecule has 3 nitrogen and oxygen atoms in total. The molecule has 5 heteroatoms. The minimum absolute atomic E-state index is 0.00143. The van der Waals surface area contributed by atoms with Crippen LogP contribution >= 0.6 is 14.8 Å². The van der Waals surface area contributed by atoms with Gasteiger partial charge >= 0.3 is 0 Å². The number of ether oxygens (including phenoxy) is 1. The fourth-order valence-electron chi connectivity index (χ4n) is 4.44. The minimum Gasteiger partial charge on any atom is -0.496 e. The first-order chi connectivity index (χ1) is 15.7. The molecule has 34 heavy (non-hydrogen) atoms. The van der Waals surface area contributed by atoms with Crippen LogP contribution in [0.2, 0.25) is 0 Å². The number of rotatable bonds is 3. The van der Waals surface area contributed by atoms with E-state index in [-0.39, 0.29) is 15.7 Å². The van der Waals surface area contributed by atoms with Gasteiger partial charge < -0.3 is 4.74 Å². The number of hydrogen-bond acceptors (Lipinski definition) is 3. The first kappa shape index (κ1) is 24.7. The van der Waals surface area contributed by atoms with Gasteiger partial charge in [0.15, 0.2) is 0 Å². The molecule has 0 aliphatic heterocycles. The van der Waals surface area contributed by atoms with Crippen molar-refractivity contribution in [1.82, 2.24) is 0 Å². The summed E-state index contributed by atoms with van der Waals surface area (Å²) in [6, 6.07) is 20.2. The summed E-state index contributed by atoms with van der Waals surface area (Å²) >= 11 is 2.95. The van der Waals surface area contributed by atoms with Crippen molar-refractivity contribution in [3.8, 4) is 16.9 Å². The molecule has 0 atom stereocenters. The SMILES string of the molecule is COc1ccc2cc(C(C)(C)C)ccc2c1-c1c(S(=O)(=O)Br)ccc2cc(C(C)(C)C)ccc12. The largest absolute Gasteiger partial charge is 0.496 e. The molecule has 0 bridgehead atoms. The third-order valence-electron chi connectivity index (χ3n) is 6.43. The highest BCUT2D eigenvalue weighted by molar-refractivity contribution is 9.47. The quantitative estimate of drug-likeness (QED) is 0.246. The van der Waals surface area contributed by atoms with Crippen LogP contribution in [0, 0.1) is 0 Å². The molecular weight excluding hydrogens is 508 g/mol. The van der Waals surface area contributed by atoms with Gasteiger partial charge in [-0.15, -0.1) is 0 Å². The summed E-state index contributed by atoms with van der Waals surface area (Å²) in [6.07, 6.45) is 0. The zero-order chi connectivity index (χ0) is 25.1. The molecule has 0 aliphatic rings. The first-order valence-corrected chi connectivity index (χ1v) is 14.7. The van der Waals surface area contributed by atoms with Gasteiger partial charge in [0.05, 0.1) is 26.8 Å². The summed E-state index contributed by atoms with van der Waals surface area (Å²) in [6.45, 7) is 13.1. The van der Waals surface area contributed by atoms with Crippen LogP contribution in [-0.4, -0.2) is 15.5 Å². The fraction of sp³-hybridized carbons (Fsp3) is 0.310. The molecule has 0 saturated carbocycles. The van der Waals surface area contributed by atoms with E-state index >= 15 is 0 Å². The Hall–Kier alpha value is -2.37. The average molecular weight is 540 g/mol. The van der Waals surface area contributed by atoms with E-state index in [2.05, 4.69) is 86.7 Å². The fourth-order valence-corrected chi connectivity index (χ4v) is 5.94. The van der Waals surface area contributed by atoms with Crippen LogP contribution < -0.4 is 4.74 Å². The Bertz CT molecular complexity index is 1520. The number of fused-ring (bicyclic) bond motifs is 2. The summed E-state index contributed by atoms with van der Waals surface area (Å²) in [5.74, 6) is 0.640. The van der Waals surface area contributed by atoms with Crippen molar-refractivity contribution < 1.29 is 13.2 Å². The summed E-state index contributed by atoms with van der Waals surface area (Å²) in [5.41, 5.74) is 3.84. The zero-order valence-electron chi connectivity index (χ0n) is 20.8. The Morgan fingerprint density at radius 1 is 0.676 bits per heavy atom. The monoisotopic (exact) mass is 538 g/mol. The molecule has 0 unspecified atom stereocenters. The maximum absolute atomic E-state index is 12.9. The second-order valence-corrected chi connectivity index (χ2v) is 14.8. The van der Waals surface area contributed by atoms with Crippen molar-refractivity contribution in [1.29, 1.82) is 0 Å². The Morgan fingerprint density at radius 3 is 1.59 bits per heavy atom. The number of halogens is 1. The molecule has 0 N–H and O–H groups in total. The van der Waals surface area contributed by atoms with Crippen LogP contribution in [0.1, 0.15) is 52.7 Å². The molecule has 0 amide bonds. The van der Waals surface area contributed by atoms with E-state index in [0.717, 1.165) is 27.1 Å². The molecule has 0 saturated heterocycles. The molecule has 4 aromatic carbocycles. The van der Waals surface area contributed by atoms with Crippen LogP contribution in [0.4, 0.5) is 0 Å². The summed E-state index contributed by atoms with van der Waals surface area (Å²) in [5, 5.41) is 3.87. The van der Waals surface area contributed by atoms with Crippen molar-refractivity contribution in [3.63, 3.8) is 0 Å². The molecule has 178 valence electrons. The minimum atomic E-state index is -3.68. The smallest absolute Gasteiger partial charge is 0.238 e. The highest BCUT2D eigenvalue weighted by Gasteiger charge is 2.25. The van der Waals surface area contributed by atoms with Gasteiger partial charge in [-0.05, 0) is 55.6 Å². The van der Waals surface area contributed by atoms with Gasteiger partial charge in [-0.25, -0.2) is 8.42 Å². The van der Waals surface area contributed by atoms with Crippen molar-refractivity contribution in [2.75, 3.05) is 7.11 Å². The van der Waals surface area contributed by atoms with Crippen LogP contribution in [0.5, 0.6) is 5.75 Å². The van der Waals surface area contributed by atoms with E-state index in [1.165, 1.54) is 11.1 Å². The Balaban J connectivity index is 2.17. The van der Waals surface area contributed by atoms with Gasteiger partial charge in [-0.3, -0.25) is 0 Å². The molecule has 0 heterocycles. The maximum Gasteiger partial charge on any atom is 0.238 e. The predicted molar refractivity (Wildman–Crippen MR) is 147 cm³/mol. The van der Waals surface area contributed by atoms with E-state index in [1.54, 1.807) is 13.2 Å². The second-order valence-electron chi connectivity index (χ2n) is 10.9. The lowest BCUT2D eigenvalue weighted by Gasteiger charge is -2.23. The van der Waals surface area contributed by atoms with E-state index in [9.17, 15) is 8.42 Å². The first-order valence-electron chi connectivity index (χ1n) is 11.4. The summed E-state index contributed by atoms with van der Waals surface area (Å²) in [7, 11) is -2.06. The van der Waals surface area contributed by atoms with Crippen molar-refractivity contribution >= 4 is 44.6 Å². The summed E-state index contributed by atoms with van der Waals surface area (Å²) in [4.78, 5) is 0.231. The lowest BCUT2D eigenvalue weighted by Crippen LogP contribution is -2.11.